The molecule has 0 spiro atoms. The molecule has 1 aliphatic heterocycles. The van der Waals surface area contributed by atoms with E-state index in [0.29, 0.717) is 31.1 Å². The van der Waals surface area contributed by atoms with Gasteiger partial charge in [0, 0.05) is 0 Å². The van der Waals surface area contributed by atoms with Gasteiger partial charge in [-0.25, -0.2) is 4.39 Å². The molecule has 3 rings (SSSR count). The first-order chi connectivity index (χ1) is 14.2. The van der Waals surface area contributed by atoms with Crippen LogP contribution in [0.5, 0.6) is 11.5 Å². The average Bonchev–Trinajstić information content (AvgIpc) is 2.65. The predicted octanol–water partition coefficient (Wildman–Crippen LogP) is 4.52. The van der Waals surface area contributed by atoms with Crippen molar-refractivity contribution in [2.75, 3.05) is 19.8 Å². The minimum atomic E-state index is -4.99. The molecule has 0 unspecified atom stereocenters. The van der Waals surface area contributed by atoms with Gasteiger partial charge in [-0.15, -0.1) is 13.2 Å². The summed E-state index contributed by atoms with van der Waals surface area (Å²) in [4.78, 5) is 11.9. The zero-order valence-electron chi connectivity index (χ0n) is 16.1. The van der Waals surface area contributed by atoms with E-state index in [9.17, 15) is 22.4 Å². The normalized spacial score (nSPS) is 15.2. The highest BCUT2D eigenvalue weighted by Crippen LogP contribution is 2.37. The summed E-state index contributed by atoms with van der Waals surface area (Å²) in [5.74, 6) is -1.86. The van der Waals surface area contributed by atoms with Crippen LogP contribution < -0.4 is 9.47 Å². The van der Waals surface area contributed by atoms with Gasteiger partial charge in [0.15, 0.2) is 11.6 Å². The van der Waals surface area contributed by atoms with Crippen molar-refractivity contribution in [3.05, 3.63) is 59.4 Å². The van der Waals surface area contributed by atoms with Gasteiger partial charge in [-0.05, 0) is 42.3 Å². The molecule has 1 aliphatic rings. The van der Waals surface area contributed by atoms with E-state index < -0.39 is 23.3 Å². The van der Waals surface area contributed by atoms with Gasteiger partial charge in [0.2, 0.25) is 0 Å². The number of hydrogen-bond acceptors (Lipinski definition) is 5. The number of ether oxygens (including phenoxy) is 4. The quantitative estimate of drug-likeness (QED) is 0.457. The topological polar surface area (TPSA) is 54.0 Å². The van der Waals surface area contributed by atoms with E-state index in [2.05, 4.69) is 4.74 Å². The smallest absolute Gasteiger partial charge is 0.489 e. The van der Waals surface area contributed by atoms with E-state index >= 15 is 0 Å². The van der Waals surface area contributed by atoms with Crippen molar-refractivity contribution in [1.82, 2.24) is 0 Å². The fourth-order valence-electron chi connectivity index (χ4n) is 3.12. The van der Waals surface area contributed by atoms with Crippen molar-refractivity contribution in [1.29, 1.82) is 0 Å². The Hall–Kier alpha value is -2.81. The summed E-state index contributed by atoms with van der Waals surface area (Å²) in [6, 6.07) is 10.1. The molecular formula is C21H20F4O5. The molecule has 0 atom stereocenters. The highest BCUT2D eigenvalue weighted by molar-refractivity contribution is 5.72. The Balaban J connectivity index is 1.64. The van der Waals surface area contributed by atoms with Gasteiger partial charge in [-0.3, -0.25) is 4.79 Å². The second-order valence-corrected chi connectivity index (χ2v) is 6.88. The lowest BCUT2D eigenvalue weighted by atomic mass is 9.76. The summed E-state index contributed by atoms with van der Waals surface area (Å²) < 4.78 is 70.1. The fourth-order valence-corrected chi connectivity index (χ4v) is 3.12. The molecule has 2 aromatic rings. The summed E-state index contributed by atoms with van der Waals surface area (Å²) in [6.45, 7) is 2.78. The Kier molecular flexibility index (Phi) is 6.50. The number of alkyl halides is 3. The largest absolute Gasteiger partial charge is 0.573 e. The molecule has 0 N–H and O–H groups in total. The van der Waals surface area contributed by atoms with Crippen LogP contribution >= 0.6 is 0 Å². The Bertz CT molecular complexity index is 876. The third-order valence-corrected chi connectivity index (χ3v) is 4.64. The van der Waals surface area contributed by atoms with Gasteiger partial charge >= 0.3 is 12.3 Å². The van der Waals surface area contributed by atoms with Gasteiger partial charge in [-0.2, -0.15) is 0 Å². The summed E-state index contributed by atoms with van der Waals surface area (Å²) in [5.41, 5.74) is 0.772. The zero-order valence-corrected chi connectivity index (χ0v) is 16.1. The highest BCUT2D eigenvalue weighted by Gasteiger charge is 2.42. The van der Waals surface area contributed by atoms with Gasteiger partial charge in [0.1, 0.15) is 12.4 Å². The molecule has 30 heavy (non-hydrogen) atoms. The van der Waals surface area contributed by atoms with Crippen LogP contribution in [0.4, 0.5) is 17.6 Å². The van der Waals surface area contributed by atoms with Crippen molar-refractivity contribution >= 4 is 5.97 Å². The molecule has 1 fully saturated rings. The van der Waals surface area contributed by atoms with Crippen LogP contribution in [0, 0.1) is 5.82 Å². The minimum Gasteiger partial charge on any atom is -0.489 e. The van der Waals surface area contributed by atoms with E-state index in [4.69, 9.17) is 14.2 Å². The molecule has 0 saturated carbocycles. The van der Waals surface area contributed by atoms with Crippen LogP contribution in [-0.2, 0) is 26.3 Å². The third kappa shape index (κ3) is 5.41. The molecule has 0 radical (unpaired) electrons. The van der Waals surface area contributed by atoms with E-state index in [1.54, 1.807) is 31.2 Å². The monoisotopic (exact) mass is 428 g/mol. The number of rotatable bonds is 8. The molecule has 9 heteroatoms. The van der Waals surface area contributed by atoms with Crippen LogP contribution in [0.15, 0.2) is 42.5 Å². The second-order valence-electron chi connectivity index (χ2n) is 6.88. The summed E-state index contributed by atoms with van der Waals surface area (Å²) >= 11 is 0. The van der Waals surface area contributed by atoms with Crippen LogP contribution in [0.3, 0.4) is 0 Å². The van der Waals surface area contributed by atoms with Gasteiger partial charge in [0.05, 0.1) is 31.7 Å². The number of esters is 1. The van der Waals surface area contributed by atoms with Gasteiger partial charge in [-0.1, -0.05) is 18.2 Å². The maximum Gasteiger partial charge on any atom is 0.573 e. The molecule has 0 amide bonds. The van der Waals surface area contributed by atoms with E-state index in [0.717, 1.165) is 17.7 Å². The Morgan fingerprint density at radius 2 is 1.83 bits per heavy atom. The maximum absolute atomic E-state index is 13.5. The van der Waals surface area contributed by atoms with E-state index in [1.165, 1.54) is 6.07 Å². The zero-order chi connectivity index (χ0) is 21.8. The van der Waals surface area contributed by atoms with Crippen LogP contribution in [0.25, 0.3) is 0 Å². The lowest BCUT2D eigenvalue weighted by molar-refractivity contribution is -0.275. The molecule has 0 bridgehead atoms. The van der Waals surface area contributed by atoms with Gasteiger partial charge in [0.25, 0.3) is 0 Å². The van der Waals surface area contributed by atoms with Crippen molar-refractivity contribution in [3.63, 3.8) is 0 Å². The first-order valence-electron chi connectivity index (χ1n) is 9.22. The number of benzene rings is 2. The van der Waals surface area contributed by atoms with Crippen molar-refractivity contribution in [2.45, 2.75) is 31.7 Å². The summed E-state index contributed by atoms with van der Waals surface area (Å²) in [7, 11) is 0. The molecule has 162 valence electrons. The van der Waals surface area contributed by atoms with Crippen molar-refractivity contribution in [2.24, 2.45) is 0 Å². The van der Waals surface area contributed by atoms with Crippen LogP contribution in [-0.4, -0.2) is 32.2 Å². The third-order valence-electron chi connectivity index (χ3n) is 4.64. The number of halogens is 4. The SMILES string of the molecule is CCOC(=O)CC1(c2ccc(OCc3ccc(F)c(OC(F)(F)F)c3)cc2)COC1. The number of carbonyl (C=O) groups is 1. The van der Waals surface area contributed by atoms with Crippen LogP contribution in [0.1, 0.15) is 24.5 Å². The Labute approximate surface area is 170 Å². The Morgan fingerprint density at radius 1 is 1.13 bits per heavy atom. The number of hydrogen-bond donors (Lipinski definition) is 0. The predicted molar refractivity (Wildman–Crippen MR) is 97.6 cm³/mol. The Morgan fingerprint density at radius 3 is 2.40 bits per heavy atom. The molecule has 0 aliphatic carbocycles. The van der Waals surface area contributed by atoms with Crippen molar-refractivity contribution in [3.8, 4) is 11.5 Å². The summed E-state index contributed by atoms with van der Waals surface area (Å²) in [6.07, 6.45) is -4.78. The van der Waals surface area contributed by atoms with Crippen molar-refractivity contribution < 1.29 is 41.3 Å². The first kappa shape index (κ1) is 21.9. The van der Waals surface area contributed by atoms with E-state index in [-0.39, 0.29) is 19.0 Å². The molecule has 0 aromatic heterocycles. The van der Waals surface area contributed by atoms with Crippen LogP contribution in [0.2, 0.25) is 0 Å². The van der Waals surface area contributed by atoms with Gasteiger partial charge < -0.3 is 18.9 Å². The molecule has 1 saturated heterocycles. The highest BCUT2D eigenvalue weighted by atomic mass is 19.4. The molecular weight excluding hydrogens is 408 g/mol. The molecule has 2 aromatic carbocycles. The summed E-state index contributed by atoms with van der Waals surface area (Å²) in [5, 5.41) is 0. The molecule has 1 heterocycles. The molecule has 5 nitrogen and oxygen atoms in total. The maximum atomic E-state index is 13.5. The fraction of sp³-hybridized carbons (Fsp3) is 0.381. The lowest BCUT2D eigenvalue weighted by Gasteiger charge is -2.41. The first-order valence-corrected chi connectivity index (χ1v) is 9.22. The number of carbonyl (C=O) groups excluding carboxylic acids is 1. The van der Waals surface area contributed by atoms with E-state index in [1.807, 2.05) is 0 Å². The lowest BCUT2D eigenvalue weighted by Crippen LogP contribution is -2.48. The minimum absolute atomic E-state index is 0.0784. The average molecular weight is 428 g/mol. The second kappa shape index (κ2) is 8.91. The standard InChI is InChI=1S/C21H20F4O5/c1-2-28-19(26)10-20(12-27-13-20)15-4-6-16(7-5-15)29-11-14-3-8-17(22)18(9-14)30-21(23,24)25/h3-9H,2,10-13H2,1H3.